The van der Waals surface area contributed by atoms with Gasteiger partial charge in [0.2, 0.25) is 6.61 Å². The zero-order valence-electron chi connectivity index (χ0n) is 17.6. The molecule has 1 fully saturated rings. The van der Waals surface area contributed by atoms with Gasteiger partial charge < -0.3 is 21.0 Å². The zero-order chi connectivity index (χ0) is 26.0. The second-order valence-corrected chi connectivity index (χ2v) is 11.1. The summed E-state index contributed by atoms with van der Waals surface area (Å²) in [6, 6.07) is -1.14. The highest BCUT2D eigenvalue weighted by Crippen LogP contribution is 2.41. The monoisotopic (exact) mass is 581 g/mol. The fourth-order valence-corrected chi connectivity index (χ4v) is 6.67. The van der Waals surface area contributed by atoms with Gasteiger partial charge in [-0.15, -0.1) is 33.3 Å². The average molecular weight is 582 g/mol. The number of nitrogen functional groups attached to an aromatic ring is 1. The van der Waals surface area contributed by atoms with E-state index in [1.807, 2.05) is 0 Å². The molecule has 2 aromatic heterocycles. The maximum absolute atomic E-state index is 12.9. The van der Waals surface area contributed by atoms with Crippen molar-refractivity contribution in [3.8, 4) is 0 Å². The first-order valence-corrected chi connectivity index (χ1v) is 13.4. The molecule has 1 saturated heterocycles. The normalized spacial score (nSPS) is 20.1. The topological polar surface area (TPSA) is 173 Å². The lowest BCUT2D eigenvalue weighted by Gasteiger charge is -2.49. The van der Waals surface area contributed by atoms with Gasteiger partial charge in [0.1, 0.15) is 28.3 Å². The van der Waals surface area contributed by atoms with Crippen molar-refractivity contribution in [1.82, 2.24) is 25.4 Å². The van der Waals surface area contributed by atoms with Crippen LogP contribution in [0.5, 0.6) is 0 Å². The fourth-order valence-electron chi connectivity index (χ4n) is 3.15. The number of alkyl halides is 3. The van der Waals surface area contributed by atoms with Crippen molar-refractivity contribution in [1.29, 1.82) is 0 Å². The molecule has 2 aromatic rings. The summed E-state index contributed by atoms with van der Waals surface area (Å²) in [5, 5.41) is 23.6. The van der Waals surface area contributed by atoms with Crippen LogP contribution in [0.25, 0.3) is 0 Å². The number of carbonyl (C=O) groups excluding carboxylic acids is 2. The molecular weight excluding hydrogens is 567 g/mol. The summed E-state index contributed by atoms with van der Waals surface area (Å²) in [5.41, 5.74) is 6.66. The number of halogens is 3. The van der Waals surface area contributed by atoms with E-state index in [0.717, 1.165) is 16.2 Å². The third-order valence-electron chi connectivity index (χ3n) is 4.61. The summed E-state index contributed by atoms with van der Waals surface area (Å²) in [6.45, 7) is -1.75. The van der Waals surface area contributed by atoms with Crippen LogP contribution in [0.1, 0.15) is 5.69 Å². The minimum Gasteiger partial charge on any atom is -0.477 e. The van der Waals surface area contributed by atoms with Gasteiger partial charge in [0, 0.05) is 16.9 Å². The molecule has 4 N–H and O–H groups in total. The zero-order valence-corrected chi connectivity index (χ0v) is 20.9. The van der Waals surface area contributed by atoms with Crippen molar-refractivity contribution >= 4 is 74.8 Å². The van der Waals surface area contributed by atoms with E-state index in [2.05, 4.69) is 30.5 Å². The van der Waals surface area contributed by atoms with Crippen molar-refractivity contribution in [2.45, 2.75) is 21.9 Å². The molecule has 2 amide bonds. The van der Waals surface area contributed by atoms with E-state index in [1.54, 1.807) is 5.51 Å². The number of oxime groups is 1. The highest BCUT2D eigenvalue weighted by Gasteiger charge is 2.54. The number of thioether (sulfide) groups is 2. The molecule has 0 aromatic carbocycles. The Morgan fingerprint density at radius 3 is 2.78 bits per heavy atom. The number of carbonyl (C=O) groups is 3. The summed E-state index contributed by atoms with van der Waals surface area (Å²) in [5.74, 6) is -2.47. The standard InChI is InChI=1S/C17H14F3N7O5S4/c18-17(19,20)4-32-26-8(7-3-34-15(21)23-7)11(28)24-9-12(29)27-10(14(30)31)6(1-33-13(9)27)2-35-16-25-22-5-36-16/h3,5,9,13H,1-2,4H2,(H2,21,23)(H,24,28)(H,30,31)/t9?,13-/m0/s1. The number of nitrogens with one attached hydrogen (secondary N) is 1. The van der Waals surface area contributed by atoms with Crippen molar-refractivity contribution in [3.63, 3.8) is 0 Å². The minimum absolute atomic E-state index is 0.0326. The number of thiazole rings is 1. The van der Waals surface area contributed by atoms with Crippen LogP contribution >= 0.6 is 46.2 Å². The predicted molar refractivity (Wildman–Crippen MR) is 125 cm³/mol. The number of fused-ring (bicyclic) bond motifs is 1. The molecule has 19 heteroatoms. The van der Waals surface area contributed by atoms with Crippen LogP contribution in [-0.2, 0) is 19.2 Å². The maximum atomic E-state index is 12.9. The van der Waals surface area contributed by atoms with Crippen molar-refractivity contribution in [2.75, 3.05) is 23.8 Å². The molecule has 36 heavy (non-hydrogen) atoms. The number of hydrogen-bond acceptors (Lipinski definition) is 13. The number of β-lactam (4-membered cyclic amide) rings is 1. The molecule has 0 spiro atoms. The lowest BCUT2D eigenvalue weighted by atomic mass is 10.0. The SMILES string of the molecule is Nc1nc(C(=NOCC(F)(F)F)C(=O)NC2C(=O)N3C(C(=O)O)=C(CSc4nncs4)CS[C@@H]23)cs1. The lowest BCUT2D eigenvalue weighted by Crippen LogP contribution is -2.71. The third-order valence-corrected chi connectivity index (χ3v) is 8.57. The molecule has 0 saturated carbocycles. The van der Waals surface area contributed by atoms with E-state index >= 15 is 0 Å². The van der Waals surface area contributed by atoms with Crippen LogP contribution in [0.15, 0.2) is 31.7 Å². The molecule has 4 heterocycles. The molecule has 192 valence electrons. The molecule has 0 bridgehead atoms. The lowest BCUT2D eigenvalue weighted by molar-refractivity contribution is -0.174. The van der Waals surface area contributed by atoms with E-state index < -0.39 is 47.7 Å². The maximum Gasteiger partial charge on any atom is 0.425 e. The Morgan fingerprint density at radius 2 is 2.17 bits per heavy atom. The van der Waals surface area contributed by atoms with Crippen LogP contribution in [0, 0.1) is 0 Å². The molecular formula is C17H14F3N7O5S4. The third kappa shape index (κ3) is 5.73. The van der Waals surface area contributed by atoms with Crippen LogP contribution in [-0.4, -0.2) is 84.4 Å². The molecule has 2 atom stereocenters. The average Bonchev–Trinajstić information content (AvgIpc) is 3.49. The number of amides is 2. The summed E-state index contributed by atoms with van der Waals surface area (Å²) < 4.78 is 38.0. The van der Waals surface area contributed by atoms with E-state index in [0.29, 0.717) is 9.91 Å². The van der Waals surface area contributed by atoms with Crippen molar-refractivity contribution in [3.05, 3.63) is 27.9 Å². The first kappa shape index (κ1) is 26.2. The quantitative estimate of drug-likeness (QED) is 0.169. The molecule has 2 aliphatic rings. The molecule has 0 radical (unpaired) electrons. The smallest absolute Gasteiger partial charge is 0.425 e. The van der Waals surface area contributed by atoms with Crippen molar-refractivity contribution in [2.24, 2.45) is 5.16 Å². The Bertz CT molecular complexity index is 1230. The Hall–Kier alpha value is -2.90. The minimum atomic E-state index is -4.69. The number of aliphatic carboxylic acids is 1. The molecule has 12 nitrogen and oxygen atoms in total. The summed E-state index contributed by atoms with van der Waals surface area (Å²) in [6.07, 6.45) is -4.69. The van der Waals surface area contributed by atoms with Crippen molar-refractivity contribution < 1.29 is 37.5 Å². The number of hydrogen-bond donors (Lipinski definition) is 3. The Kier molecular flexibility index (Phi) is 7.71. The predicted octanol–water partition coefficient (Wildman–Crippen LogP) is 1.39. The number of aromatic nitrogens is 3. The molecule has 2 aliphatic heterocycles. The van der Waals surface area contributed by atoms with Gasteiger partial charge in [-0.2, -0.15) is 13.2 Å². The van der Waals surface area contributed by atoms with Gasteiger partial charge in [-0.25, -0.2) is 9.78 Å². The van der Waals surface area contributed by atoms with E-state index in [4.69, 9.17) is 5.73 Å². The molecule has 1 unspecified atom stereocenters. The van der Waals surface area contributed by atoms with Gasteiger partial charge >= 0.3 is 12.1 Å². The van der Waals surface area contributed by atoms with E-state index in [9.17, 15) is 32.7 Å². The van der Waals surface area contributed by atoms with Crippen LogP contribution < -0.4 is 11.1 Å². The van der Waals surface area contributed by atoms with Gasteiger partial charge in [-0.1, -0.05) is 28.3 Å². The van der Waals surface area contributed by atoms with Gasteiger partial charge in [-0.05, 0) is 5.57 Å². The number of nitrogens with two attached hydrogens (primary N) is 1. The van der Waals surface area contributed by atoms with E-state index in [-0.39, 0.29) is 28.0 Å². The summed E-state index contributed by atoms with van der Waals surface area (Å²) in [4.78, 5) is 46.8. The van der Waals surface area contributed by atoms with Crippen LogP contribution in [0.2, 0.25) is 0 Å². The first-order valence-electron chi connectivity index (χ1n) is 9.63. The summed E-state index contributed by atoms with van der Waals surface area (Å²) >= 11 is 4.74. The highest BCUT2D eigenvalue weighted by atomic mass is 32.2. The van der Waals surface area contributed by atoms with Gasteiger partial charge in [0.25, 0.3) is 11.8 Å². The Balaban J connectivity index is 1.49. The van der Waals surface area contributed by atoms with Crippen LogP contribution in [0.3, 0.4) is 0 Å². The van der Waals surface area contributed by atoms with Crippen LogP contribution in [0.4, 0.5) is 18.3 Å². The molecule has 0 aliphatic carbocycles. The number of carboxylic acid groups (broad SMARTS) is 1. The highest BCUT2D eigenvalue weighted by molar-refractivity contribution is 8.01. The van der Waals surface area contributed by atoms with Gasteiger partial charge in [0.05, 0.1) is 0 Å². The number of anilines is 1. The van der Waals surface area contributed by atoms with E-state index in [1.165, 1.54) is 40.2 Å². The van der Waals surface area contributed by atoms with Gasteiger partial charge in [0.15, 0.2) is 15.2 Å². The second-order valence-electron chi connectivity index (χ2n) is 7.01. The molecule has 4 rings (SSSR count). The first-order chi connectivity index (χ1) is 17.0. The number of carboxylic acids is 1. The number of rotatable bonds is 9. The van der Waals surface area contributed by atoms with Gasteiger partial charge in [-0.3, -0.25) is 14.5 Å². The summed E-state index contributed by atoms with van der Waals surface area (Å²) in [7, 11) is 0. The Morgan fingerprint density at radius 1 is 1.39 bits per heavy atom. The fraction of sp³-hybridized carbons (Fsp3) is 0.353. The number of nitrogens with zero attached hydrogens (tertiary/aromatic N) is 5. The Labute approximate surface area is 216 Å². The second kappa shape index (κ2) is 10.6. The largest absolute Gasteiger partial charge is 0.477 e.